The lowest BCUT2D eigenvalue weighted by Crippen LogP contribution is -2.32. The minimum absolute atomic E-state index is 0.0603. The lowest BCUT2D eigenvalue weighted by molar-refractivity contribution is -0.155. The number of Topliss-reactive ketones (excluding diaryl/α,β-unsaturated/α-hetero) is 1. The van der Waals surface area contributed by atoms with E-state index in [4.69, 9.17) is 9.63 Å². The predicted molar refractivity (Wildman–Crippen MR) is 220 cm³/mol. The van der Waals surface area contributed by atoms with Gasteiger partial charge in [-0.2, -0.15) is 5.06 Å². The highest BCUT2D eigenvalue weighted by Gasteiger charge is 2.21. The van der Waals surface area contributed by atoms with Crippen LogP contribution in [0, 0.1) is 6.92 Å². The highest BCUT2D eigenvalue weighted by molar-refractivity contribution is 7.99. The van der Waals surface area contributed by atoms with Gasteiger partial charge in [0.2, 0.25) is 6.41 Å². The number of hydrogen-bond donors (Lipinski definition) is 2. The molecular formula is C43H57N5O4S. The third kappa shape index (κ3) is 14.4. The SMILES string of the molecule is CCN(CC)c1ccc(NC(=O)c2cccc(CSC(C)(C)CON(C)CC(C)=O)c2)c(-c2cc(C)ccn2)c1.NC=O.c1ccc2c(c1)CCCC2. The molecule has 0 radical (unpaired) electrons. The Morgan fingerprint density at radius 1 is 0.962 bits per heavy atom. The number of ketones is 1. The Kier molecular flexibility index (Phi) is 17.7. The zero-order valence-electron chi connectivity index (χ0n) is 32.5. The molecule has 0 spiro atoms. The number of fused-ring (bicyclic) bond motifs is 1. The number of rotatable bonds is 14. The van der Waals surface area contributed by atoms with Gasteiger partial charge in [-0.05, 0) is 132 Å². The van der Waals surface area contributed by atoms with Crippen molar-refractivity contribution in [3.8, 4) is 11.3 Å². The van der Waals surface area contributed by atoms with E-state index in [0.717, 1.165) is 52.6 Å². The van der Waals surface area contributed by atoms with Crippen molar-refractivity contribution < 1.29 is 19.2 Å². The molecule has 1 heterocycles. The average molecular weight is 740 g/mol. The predicted octanol–water partition coefficient (Wildman–Crippen LogP) is 8.29. The maximum absolute atomic E-state index is 13.4. The molecule has 4 aromatic rings. The van der Waals surface area contributed by atoms with Crippen molar-refractivity contribution in [2.24, 2.45) is 5.73 Å². The molecule has 0 saturated carbocycles. The van der Waals surface area contributed by atoms with Crippen LogP contribution in [0.1, 0.15) is 80.1 Å². The van der Waals surface area contributed by atoms with Crippen LogP contribution in [0.5, 0.6) is 0 Å². The van der Waals surface area contributed by atoms with Crippen molar-refractivity contribution >= 4 is 41.2 Å². The average Bonchev–Trinajstić information content (AvgIpc) is 3.15. The largest absolute Gasteiger partial charge is 0.372 e. The number of aromatic nitrogens is 1. The quantitative estimate of drug-likeness (QED) is 0.0981. The standard InChI is InChI=1S/C32H42N4O3S.C10H12.CH3NO/c1-8-36(9-2)27-13-14-29(28(19-27)30-17-23(3)15-16-33-30)34-31(38)26-12-10-11-25(18-26)21-40-32(5,6)22-39-35(7)20-24(4)37;1-2-6-10-8-4-3-7-9(10)5-1;2-1-3/h10-19H,8-9,20-22H2,1-7H3,(H,34,38);1-2,5-6H,3-4,7-8H2;1H,(H2,2,3). The molecule has 0 saturated heterocycles. The fourth-order valence-electron chi connectivity index (χ4n) is 5.94. The van der Waals surface area contributed by atoms with E-state index in [1.54, 1.807) is 48.1 Å². The van der Waals surface area contributed by atoms with Gasteiger partial charge >= 0.3 is 0 Å². The zero-order valence-corrected chi connectivity index (χ0v) is 33.3. The minimum atomic E-state index is -0.175. The zero-order chi connectivity index (χ0) is 38.8. The molecule has 10 heteroatoms. The summed E-state index contributed by atoms with van der Waals surface area (Å²) >= 11 is 1.75. The van der Waals surface area contributed by atoms with Gasteiger partial charge in [-0.15, -0.1) is 11.8 Å². The van der Waals surface area contributed by atoms with Gasteiger partial charge in [0.15, 0.2) is 0 Å². The smallest absolute Gasteiger partial charge is 0.255 e. The number of nitrogens with two attached hydrogens (primary N) is 1. The van der Waals surface area contributed by atoms with Crippen LogP contribution in [0.4, 0.5) is 11.4 Å². The number of amides is 2. The molecule has 0 bridgehead atoms. The summed E-state index contributed by atoms with van der Waals surface area (Å²) < 4.78 is -0.175. The van der Waals surface area contributed by atoms with E-state index >= 15 is 0 Å². The van der Waals surface area contributed by atoms with Crippen LogP contribution in [-0.2, 0) is 33.0 Å². The van der Waals surface area contributed by atoms with E-state index in [-0.39, 0.29) is 29.4 Å². The molecule has 0 atom stereocenters. The number of primary amides is 1. The molecule has 0 fully saturated rings. The molecule has 284 valence electrons. The first-order valence-electron chi connectivity index (χ1n) is 18.3. The number of anilines is 2. The van der Waals surface area contributed by atoms with Crippen LogP contribution in [0.2, 0.25) is 0 Å². The number of nitrogens with zero attached hydrogens (tertiary/aromatic N) is 3. The molecule has 1 aliphatic carbocycles. The first kappa shape index (κ1) is 42.9. The number of hydroxylamine groups is 2. The molecule has 0 aliphatic heterocycles. The first-order valence-corrected chi connectivity index (χ1v) is 19.3. The second-order valence-electron chi connectivity index (χ2n) is 13.7. The summed E-state index contributed by atoms with van der Waals surface area (Å²) in [6.07, 6.45) is 7.43. The molecule has 5 rings (SSSR count). The summed E-state index contributed by atoms with van der Waals surface area (Å²) in [5, 5.41) is 4.71. The highest BCUT2D eigenvalue weighted by Crippen LogP contribution is 2.33. The van der Waals surface area contributed by atoms with Crippen LogP contribution >= 0.6 is 11.8 Å². The summed E-state index contributed by atoms with van der Waals surface area (Å²) in [5.41, 5.74) is 13.6. The Labute approximate surface area is 320 Å². The molecule has 3 aromatic carbocycles. The number of likely N-dealkylation sites (N-methyl/N-ethyl adjacent to an activating group) is 1. The normalized spacial score (nSPS) is 12.0. The van der Waals surface area contributed by atoms with Gasteiger partial charge in [-0.3, -0.25) is 24.2 Å². The van der Waals surface area contributed by atoms with Gasteiger partial charge in [0.1, 0.15) is 5.78 Å². The van der Waals surface area contributed by atoms with E-state index in [0.29, 0.717) is 12.2 Å². The van der Waals surface area contributed by atoms with Crippen LogP contribution in [0.15, 0.2) is 85.1 Å². The minimum Gasteiger partial charge on any atom is -0.372 e. The third-order valence-electron chi connectivity index (χ3n) is 8.73. The van der Waals surface area contributed by atoms with Gasteiger partial charge in [-0.1, -0.05) is 36.4 Å². The molecule has 1 aromatic heterocycles. The summed E-state index contributed by atoms with van der Waals surface area (Å²) in [5.74, 6) is 0.625. The number of hydrogen-bond acceptors (Lipinski definition) is 8. The second-order valence-corrected chi connectivity index (χ2v) is 15.4. The van der Waals surface area contributed by atoms with Gasteiger partial charge in [0, 0.05) is 53.6 Å². The Balaban J connectivity index is 0.000000485. The number of carbonyl (C=O) groups is 3. The number of pyridine rings is 1. The lowest BCUT2D eigenvalue weighted by Gasteiger charge is -2.26. The van der Waals surface area contributed by atoms with E-state index < -0.39 is 0 Å². The Hall–Kier alpha value is -4.51. The first-order chi connectivity index (χ1) is 25.4. The molecule has 53 heavy (non-hydrogen) atoms. The topological polar surface area (TPSA) is 118 Å². The number of thioether (sulfide) groups is 1. The van der Waals surface area contributed by atoms with Crippen molar-refractivity contribution in [2.45, 2.75) is 77.7 Å². The number of carbonyl (C=O) groups excluding carboxylic acids is 3. The van der Waals surface area contributed by atoms with E-state index in [2.05, 4.69) is 79.0 Å². The molecule has 1 aliphatic rings. The van der Waals surface area contributed by atoms with Crippen molar-refractivity contribution in [3.05, 3.63) is 113 Å². The van der Waals surface area contributed by atoms with Crippen molar-refractivity contribution in [2.75, 3.05) is 43.5 Å². The molecule has 3 N–H and O–H groups in total. The summed E-state index contributed by atoms with van der Waals surface area (Å²) in [4.78, 5) is 45.9. The Morgan fingerprint density at radius 2 is 1.62 bits per heavy atom. The van der Waals surface area contributed by atoms with Crippen LogP contribution in [0.25, 0.3) is 11.3 Å². The van der Waals surface area contributed by atoms with Crippen LogP contribution < -0.4 is 16.0 Å². The van der Waals surface area contributed by atoms with Crippen molar-refractivity contribution in [3.63, 3.8) is 0 Å². The Bertz CT molecular complexity index is 1750. The monoisotopic (exact) mass is 739 g/mol. The number of nitrogens with one attached hydrogen (secondary N) is 1. The molecule has 0 unspecified atom stereocenters. The third-order valence-corrected chi connectivity index (χ3v) is 10.1. The fraction of sp³-hybridized carbons (Fsp3) is 0.395. The number of benzene rings is 3. The van der Waals surface area contributed by atoms with Gasteiger partial charge in [0.25, 0.3) is 5.91 Å². The van der Waals surface area contributed by atoms with E-state index in [1.807, 2.05) is 55.5 Å². The van der Waals surface area contributed by atoms with Gasteiger partial charge in [-0.25, -0.2) is 0 Å². The molecular weight excluding hydrogens is 683 g/mol. The number of aryl methyl sites for hydroxylation is 3. The summed E-state index contributed by atoms with van der Waals surface area (Å²) in [6, 6.07) is 26.7. The van der Waals surface area contributed by atoms with Crippen molar-refractivity contribution in [1.82, 2.24) is 10.0 Å². The van der Waals surface area contributed by atoms with Gasteiger partial charge in [0.05, 0.1) is 24.5 Å². The maximum Gasteiger partial charge on any atom is 0.255 e. The van der Waals surface area contributed by atoms with Crippen molar-refractivity contribution in [1.29, 1.82) is 0 Å². The van der Waals surface area contributed by atoms with Crippen LogP contribution in [-0.4, -0.2) is 66.2 Å². The van der Waals surface area contributed by atoms with E-state index in [1.165, 1.54) is 25.7 Å². The second kappa shape index (κ2) is 21.9. The highest BCUT2D eigenvalue weighted by atomic mass is 32.2. The van der Waals surface area contributed by atoms with E-state index in [9.17, 15) is 9.59 Å². The Morgan fingerprint density at radius 3 is 2.23 bits per heavy atom. The fourth-order valence-corrected chi connectivity index (χ4v) is 6.81. The summed E-state index contributed by atoms with van der Waals surface area (Å²) in [6.45, 7) is 14.6. The van der Waals surface area contributed by atoms with Crippen LogP contribution in [0.3, 0.4) is 0 Å². The maximum atomic E-state index is 13.4. The molecule has 9 nitrogen and oxygen atoms in total. The van der Waals surface area contributed by atoms with Gasteiger partial charge < -0.3 is 16.0 Å². The lowest BCUT2D eigenvalue weighted by atomic mass is 9.92. The molecule has 2 amide bonds. The summed E-state index contributed by atoms with van der Waals surface area (Å²) in [7, 11) is 1.77.